The van der Waals surface area contributed by atoms with Gasteiger partial charge in [-0.1, -0.05) is 42.5 Å². The number of carbonyl (C=O) groups is 1. The van der Waals surface area contributed by atoms with Gasteiger partial charge in [-0.25, -0.2) is 4.79 Å². The van der Waals surface area contributed by atoms with Crippen molar-refractivity contribution >= 4 is 23.3 Å². The molecule has 1 aliphatic carbocycles. The lowest BCUT2D eigenvalue weighted by Crippen LogP contribution is -2.42. The zero-order valence-corrected chi connectivity index (χ0v) is 13.6. The molecule has 6 heteroatoms. The molecule has 0 bridgehead atoms. The predicted molar refractivity (Wildman–Crippen MR) is 94.4 cm³/mol. The monoisotopic (exact) mass is 329 g/mol. The smallest absolute Gasteiger partial charge is 0.336 e. The molecule has 0 saturated carbocycles. The Labute approximate surface area is 140 Å². The van der Waals surface area contributed by atoms with Gasteiger partial charge in [0.1, 0.15) is 0 Å². The summed E-state index contributed by atoms with van der Waals surface area (Å²) in [6, 6.07) is 10.0. The minimum atomic E-state index is -0.944. The summed E-state index contributed by atoms with van der Waals surface area (Å²) in [5.41, 5.74) is 7.77. The first-order valence-electron chi connectivity index (χ1n) is 7.24. The van der Waals surface area contributed by atoms with E-state index in [0.717, 1.165) is 5.56 Å². The first kappa shape index (κ1) is 16.8. The Bertz CT molecular complexity index is 666. The molecule has 0 heterocycles. The number of carboxylic acid groups (broad SMARTS) is 1. The number of aliphatic carboxylic acids is 1. The fourth-order valence-corrected chi connectivity index (χ4v) is 2.40. The largest absolute Gasteiger partial charge is 0.478 e. The van der Waals surface area contributed by atoms with Crippen LogP contribution < -0.4 is 16.2 Å². The number of thiocarbonyl (C=S) groups is 1. The average molecular weight is 329 g/mol. The van der Waals surface area contributed by atoms with Crippen molar-refractivity contribution in [3.8, 4) is 0 Å². The van der Waals surface area contributed by atoms with Gasteiger partial charge < -0.3 is 15.8 Å². The lowest BCUT2D eigenvalue weighted by Gasteiger charge is -2.18. The summed E-state index contributed by atoms with van der Waals surface area (Å²) < 4.78 is 0. The second-order valence-corrected chi connectivity index (χ2v) is 5.47. The van der Waals surface area contributed by atoms with Crippen molar-refractivity contribution in [3.05, 3.63) is 71.5 Å². The fraction of sp³-hybridized carbons (Fsp3) is 0.176. The molecule has 2 rings (SSSR count). The number of allylic oxidation sites excluding steroid dienone is 3. The Morgan fingerprint density at radius 3 is 2.78 bits per heavy atom. The molecule has 120 valence electrons. The maximum atomic E-state index is 11.1. The Kier molecular flexibility index (Phi) is 5.94. The maximum absolute atomic E-state index is 11.1. The minimum absolute atomic E-state index is 0.0674. The fourth-order valence-electron chi connectivity index (χ4n) is 2.17. The van der Waals surface area contributed by atoms with E-state index in [0.29, 0.717) is 17.1 Å². The van der Waals surface area contributed by atoms with Gasteiger partial charge in [-0.2, -0.15) is 0 Å². The van der Waals surface area contributed by atoms with Gasteiger partial charge in [0.05, 0.1) is 11.6 Å². The second kappa shape index (κ2) is 8.14. The SMILES string of the molecule is C[C@@H](NC(=S)NN/C=C1\CC=CC=C1C(=O)O)c1ccccc1. The third-order valence-electron chi connectivity index (χ3n) is 3.39. The maximum Gasteiger partial charge on any atom is 0.336 e. The molecule has 0 saturated heterocycles. The molecular weight excluding hydrogens is 310 g/mol. The Morgan fingerprint density at radius 1 is 1.35 bits per heavy atom. The summed E-state index contributed by atoms with van der Waals surface area (Å²) in [4.78, 5) is 11.1. The van der Waals surface area contributed by atoms with Crippen LogP contribution in [0.4, 0.5) is 0 Å². The highest BCUT2D eigenvalue weighted by Crippen LogP contribution is 2.18. The predicted octanol–water partition coefficient (Wildman–Crippen LogP) is 2.57. The third kappa shape index (κ3) is 4.96. The summed E-state index contributed by atoms with van der Waals surface area (Å²) >= 11 is 5.22. The molecule has 5 nitrogen and oxygen atoms in total. The molecular formula is C17H19N3O2S. The second-order valence-electron chi connectivity index (χ2n) is 5.06. The van der Waals surface area contributed by atoms with Crippen molar-refractivity contribution < 1.29 is 9.90 Å². The van der Waals surface area contributed by atoms with Crippen molar-refractivity contribution in [1.82, 2.24) is 16.2 Å². The molecule has 0 aliphatic heterocycles. The van der Waals surface area contributed by atoms with Crippen LogP contribution >= 0.6 is 12.2 Å². The van der Waals surface area contributed by atoms with Gasteiger partial charge in [0.2, 0.25) is 0 Å². The quantitative estimate of drug-likeness (QED) is 0.491. The normalized spacial score (nSPS) is 16.4. The van der Waals surface area contributed by atoms with E-state index in [1.165, 1.54) is 0 Å². The molecule has 0 aromatic heterocycles. The lowest BCUT2D eigenvalue weighted by atomic mass is 9.99. The molecule has 0 unspecified atom stereocenters. The molecule has 1 atom stereocenters. The number of hydrogen-bond donors (Lipinski definition) is 4. The first-order chi connectivity index (χ1) is 11.1. The van der Waals surface area contributed by atoms with Crippen LogP contribution in [0.1, 0.15) is 24.9 Å². The Balaban J connectivity index is 1.85. The summed E-state index contributed by atoms with van der Waals surface area (Å²) in [6.07, 6.45) is 7.39. The van der Waals surface area contributed by atoms with Crippen LogP contribution in [0.2, 0.25) is 0 Å². The van der Waals surface area contributed by atoms with Gasteiger partial charge in [-0.15, -0.1) is 0 Å². The molecule has 0 radical (unpaired) electrons. The van der Waals surface area contributed by atoms with Gasteiger partial charge in [0, 0.05) is 6.20 Å². The summed E-state index contributed by atoms with van der Waals surface area (Å²) in [5, 5.41) is 12.7. The van der Waals surface area contributed by atoms with Gasteiger partial charge >= 0.3 is 5.97 Å². The zero-order valence-electron chi connectivity index (χ0n) is 12.7. The number of nitrogens with one attached hydrogen (secondary N) is 3. The van der Waals surface area contributed by atoms with E-state index < -0.39 is 5.97 Å². The summed E-state index contributed by atoms with van der Waals surface area (Å²) in [5.74, 6) is -0.944. The van der Waals surface area contributed by atoms with E-state index in [-0.39, 0.29) is 11.6 Å². The van der Waals surface area contributed by atoms with Crippen molar-refractivity contribution in [3.63, 3.8) is 0 Å². The molecule has 0 fully saturated rings. The van der Waals surface area contributed by atoms with Crippen LogP contribution in [0.25, 0.3) is 0 Å². The molecule has 1 aliphatic rings. The average Bonchev–Trinajstić information content (AvgIpc) is 2.56. The van der Waals surface area contributed by atoms with Gasteiger partial charge in [0.15, 0.2) is 5.11 Å². The van der Waals surface area contributed by atoms with E-state index in [1.54, 1.807) is 18.4 Å². The number of hydrazine groups is 1. The highest BCUT2D eigenvalue weighted by Gasteiger charge is 2.13. The van der Waals surface area contributed by atoms with Crippen molar-refractivity contribution in [2.24, 2.45) is 0 Å². The van der Waals surface area contributed by atoms with E-state index in [1.807, 2.05) is 43.3 Å². The molecule has 1 aromatic rings. The molecule has 23 heavy (non-hydrogen) atoms. The number of rotatable bonds is 5. The van der Waals surface area contributed by atoms with Crippen LogP contribution in [0.3, 0.4) is 0 Å². The highest BCUT2D eigenvalue weighted by atomic mass is 32.1. The number of hydrogen-bond acceptors (Lipinski definition) is 3. The van der Waals surface area contributed by atoms with Gasteiger partial charge in [-0.05, 0) is 42.8 Å². The lowest BCUT2D eigenvalue weighted by molar-refractivity contribution is -0.132. The van der Waals surface area contributed by atoms with E-state index in [4.69, 9.17) is 17.3 Å². The molecule has 0 spiro atoms. The zero-order chi connectivity index (χ0) is 16.7. The van der Waals surface area contributed by atoms with Crippen molar-refractivity contribution in [1.29, 1.82) is 0 Å². The highest BCUT2D eigenvalue weighted by molar-refractivity contribution is 7.80. The number of carboxylic acids is 1. The van der Waals surface area contributed by atoms with E-state index in [2.05, 4.69) is 16.2 Å². The standard InChI is InChI=1S/C17H19N3O2S/c1-12(13-7-3-2-4-8-13)19-17(23)20-18-11-14-9-5-6-10-15(14)16(21)22/h2-8,10-12,18H,9H2,1H3,(H,21,22)(H2,19,20,23)/b14-11+/t12-/m1/s1. The minimum Gasteiger partial charge on any atom is -0.478 e. The Morgan fingerprint density at radius 2 is 2.09 bits per heavy atom. The van der Waals surface area contributed by atoms with Crippen LogP contribution in [0, 0.1) is 0 Å². The van der Waals surface area contributed by atoms with E-state index in [9.17, 15) is 4.79 Å². The van der Waals surface area contributed by atoms with E-state index >= 15 is 0 Å². The summed E-state index contributed by atoms with van der Waals surface area (Å²) in [7, 11) is 0. The van der Waals surface area contributed by atoms with Crippen LogP contribution in [-0.4, -0.2) is 16.2 Å². The number of benzene rings is 1. The third-order valence-corrected chi connectivity index (χ3v) is 3.61. The van der Waals surface area contributed by atoms with Crippen molar-refractivity contribution in [2.45, 2.75) is 19.4 Å². The topological polar surface area (TPSA) is 73.4 Å². The molecule has 0 amide bonds. The first-order valence-corrected chi connectivity index (χ1v) is 7.65. The molecule has 1 aromatic carbocycles. The Hall–Kier alpha value is -2.60. The van der Waals surface area contributed by atoms with Crippen LogP contribution in [0.5, 0.6) is 0 Å². The molecule has 4 N–H and O–H groups in total. The van der Waals surface area contributed by atoms with Crippen molar-refractivity contribution in [2.75, 3.05) is 0 Å². The van der Waals surface area contributed by atoms with Gasteiger partial charge in [-0.3, -0.25) is 5.43 Å². The van der Waals surface area contributed by atoms with Crippen LogP contribution in [-0.2, 0) is 4.79 Å². The summed E-state index contributed by atoms with van der Waals surface area (Å²) in [6.45, 7) is 2.01. The van der Waals surface area contributed by atoms with Crippen LogP contribution in [0.15, 0.2) is 65.9 Å². The van der Waals surface area contributed by atoms with Gasteiger partial charge in [0.25, 0.3) is 0 Å².